The van der Waals surface area contributed by atoms with Crippen LogP contribution in [0.2, 0.25) is 0 Å². The summed E-state index contributed by atoms with van der Waals surface area (Å²) in [6, 6.07) is 10.5. The number of carbonyl (C=O) groups excluding carboxylic acids is 2. The molecule has 176 valence electrons. The van der Waals surface area contributed by atoms with Crippen molar-refractivity contribution in [3.63, 3.8) is 0 Å². The van der Waals surface area contributed by atoms with E-state index in [-0.39, 0.29) is 30.1 Å². The third-order valence-electron chi connectivity index (χ3n) is 4.83. The highest BCUT2D eigenvalue weighted by Gasteiger charge is 2.15. The largest absolute Gasteiger partial charge is 0.496 e. The van der Waals surface area contributed by atoms with E-state index in [1.807, 2.05) is 31.2 Å². The molecule has 1 atom stereocenters. The molecule has 33 heavy (non-hydrogen) atoms. The van der Waals surface area contributed by atoms with Gasteiger partial charge in [-0.05, 0) is 29.7 Å². The number of ether oxygens (including phenoxy) is 1. The van der Waals surface area contributed by atoms with Crippen LogP contribution >= 0.6 is 0 Å². The lowest BCUT2D eigenvalue weighted by Crippen LogP contribution is -2.38. The molecule has 0 saturated heterocycles. The van der Waals surface area contributed by atoms with Crippen molar-refractivity contribution in [2.24, 2.45) is 11.6 Å². The molecule has 0 fully saturated rings. The SMILES string of the molecule is CCc1ccc(C(C=N)NC(=O)/C(N)=C/N(N)CCNC(=O)c2ccc(F)cc2OC)cc1. The van der Waals surface area contributed by atoms with Crippen molar-refractivity contribution in [3.8, 4) is 5.75 Å². The molecule has 0 heterocycles. The molecule has 0 saturated carbocycles. The number of nitrogens with zero attached hydrogens (tertiary/aromatic N) is 1. The van der Waals surface area contributed by atoms with Crippen molar-refractivity contribution in [1.29, 1.82) is 5.41 Å². The second kappa shape index (κ2) is 12.2. The van der Waals surface area contributed by atoms with Gasteiger partial charge in [-0.15, -0.1) is 0 Å². The fourth-order valence-corrected chi connectivity index (χ4v) is 2.95. The maximum Gasteiger partial charge on any atom is 0.269 e. The average Bonchev–Trinajstić information content (AvgIpc) is 2.82. The standard InChI is InChI=1S/C23H29FN6O3/c1-3-15-4-6-16(7-5-15)20(13-25)29-23(32)19(26)14-30(27)11-10-28-22(31)18-9-8-17(24)12-21(18)33-2/h4-9,12-14,20,25H,3,10-11,26-27H2,1-2H3,(H,28,31)(H,29,32)/b19-14-,25-13?. The first-order valence-electron chi connectivity index (χ1n) is 10.3. The summed E-state index contributed by atoms with van der Waals surface area (Å²) in [5.41, 5.74) is 7.77. The molecule has 0 aliphatic carbocycles. The Balaban J connectivity index is 1.89. The zero-order chi connectivity index (χ0) is 24.4. The third kappa shape index (κ3) is 7.32. The van der Waals surface area contributed by atoms with Gasteiger partial charge >= 0.3 is 0 Å². The molecule has 2 amide bonds. The number of aryl methyl sites for hydroxylation is 1. The maximum atomic E-state index is 13.3. The molecule has 2 aromatic rings. The van der Waals surface area contributed by atoms with Gasteiger partial charge in [-0.1, -0.05) is 31.2 Å². The predicted molar refractivity (Wildman–Crippen MR) is 124 cm³/mol. The van der Waals surface area contributed by atoms with E-state index in [4.69, 9.17) is 21.7 Å². The van der Waals surface area contributed by atoms with Gasteiger partial charge in [0.25, 0.3) is 11.8 Å². The van der Waals surface area contributed by atoms with Crippen LogP contribution in [0.4, 0.5) is 4.39 Å². The number of carbonyl (C=O) groups is 2. The van der Waals surface area contributed by atoms with Crippen LogP contribution in [0, 0.1) is 11.2 Å². The second-order valence-electron chi connectivity index (χ2n) is 7.14. The minimum atomic E-state index is -0.633. The van der Waals surface area contributed by atoms with Crippen LogP contribution in [0.1, 0.15) is 34.5 Å². The van der Waals surface area contributed by atoms with Crippen molar-refractivity contribution < 1.29 is 18.7 Å². The Kier molecular flexibility index (Phi) is 9.37. The van der Waals surface area contributed by atoms with Gasteiger partial charge < -0.3 is 31.5 Å². The molecule has 2 rings (SSSR count). The molecule has 0 spiro atoms. The predicted octanol–water partition coefficient (Wildman–Crippen LogP) is 1.61. The fraction of sp³-hybridized carbons (Fsp3) is 0.261. The average molecular weight is 457 g/mol. The van der Waals surface area contributed by atoms with Crippen LogP contribution in [0.15, 0.2) is 54.4 Å². The first kappa shape index (κ1) is 25.3. The molecule has 0 aliphatic rings. The summed E-state index contributed by atoms with van der Waals surface area (Å²) < 4.78 is 18.3. The first-order chi connectivity index (χ1) is 15.8. The zero-order valence-electron chi connectivity index (χ0n) is 18.6. The molecule has 0 aromatic heterocycles. The van der Waals surface area contributed by atoms with E-state index in [0.717, 1.165) is 40.9 Å². The molecule has 2 aromatic carbocycles. The molecule has 1 unspecified atom stereocenters. The first-order valence-corrected chi connectivity index (χ1v) is 10.3. The van der Waals surface area contributed by atoms with Crippen molar-refractivity contribution in [2.75, 3.05) is 20.2 Å². The van der Waals surface area contributed by atoms with Gasteiger partial charge in [0.2, 0.25) is 0 Å². The molecule has 9 nitrogen and oxygen atoms in total. The van der Waals surface area contributed by atoms with Gasteiger partial charge in [0.1, 0.15) is 17.3 Å². The molecular formula is C23H29FN6O3. The number of nitrogens with two attached hydrogens (primary N) is 2. The smallest absolute Gasteiger partial charge is 0.269 e. The molecular weight excluding hydrogens is 427 g/mol. The Labute approximate surface area is 192 Å². The fourth-order valence-electron chi connectivity index (χ4n) is 2.95. The Bertz CT molecular complexity index is 1010. The number of halogens is 1. The monoisotopic (exact) mass is 456 g/mol. The Morgan fingerprint density at radius 3 is 2.55 bits per heavy atom. The minimum absolute atomic E-state index is 0.114. The normalized spacial score (nSPS) is 11.9. The lowest BCUT2D eigenvalue weighted by atomic mass is 10.0. The highest BCUT2D eigenvalue weighted by Crippen LogP contribution is 2.19. The number of rotatable bonds is 11. The lowest BCUT2D eigenvalue weighted by molar-refractivity contribution is -0.118. The topological polar surface area (TPSA) is 147 Å². The quantitative estimate of drug-likeness (QED) is 0.150. The maximum absolute atomic E-state index is 13.3. The molecule has 0 bridgehead atoms. The number of methoxy groups -OCH3 is 1. The molecule has 7 N–H and O–H groups in total. The number of benzene rings is 2. The van der Waals surface area contributed by atoms with E-state index in [2.05, 4.69) is 10.6 Å². The van der Waals surface area contributed by atoms with Gasteiger partial charge in [0.15, 0.2) is 0 Å². The van der Waals surface area contributed by atoms with Gasteiger partial charge in [0, 0.05) is 25.0 Å². The number of hydrogen-bond donors (Lipinski definition) is 5. The summed E-state index contributed by atoms with van der Waals surface area (Å²) in [6.45, 7) is 2.32. The van der Waals surface area contributed by atoms with E-state index >= 15 is 0 Å². The number of hydrogen-bond acceptors (Lipinski definition) is 7. The molecule has 0 radical (unpaired) electrons. The summed E-state index contributed by atoms with van der Waals surface area (Å²) in [7, 11) is 1.34. The van der Waals surface area contributed by atoms with E-state index in [1.54, 1.807) is 0 Å². The van der Waals surface area contributed by atoms with Crippen molar-refractivity contribution >= 4 is 18.0 Å². The van der Waals surface area contributed by atoms with Crippen LogP contribution in [0.25, 0.3) is 0 Å². The van der Waals surface area contributed by atoms with Crippen molar-refractivity contribution in [1.82, 2.24) is 15.6 Å². The zero-order valence-corrected chi connectivity index (χ0v) is 18.6. The van der Waals surface area contributed by atoms with Crippen molar-refractivity contribution in [2.45, 2.75) is 19.4 Å². The van der Waals surface area contributed by atoms with Crippen LogP contribution in [-0.2, 0) is 11.2 Å². The number of hydrazine groups is 1. The van der Waals surface area contributed by atoms with E-state index < -0.39 is 23.7 Å². The van der Waals surface area contributed by atoms with Crippen LogP contribution < -0.4 is 26.9 Å². The molecule has 10 heteroatoms. The van der Waals surface area contributed by atoms with E-state index in [1.165, 1.54) is 19.4 Å². The van der Waals surface area contributed by atoms with E-state index in [0.29, 0.717) is 0 Å². The van der Waals surface area contributed by atoms with Crippen LogP contribution in [0.3, 0.4) is 0 Å². The Morgan fingerprint density at radius 2 is 1.94 bits per heavy atom. The van der Waals surface area contributed by atoms with E-state index in [9.17, 15) is 14.0 Å². The Morgan fingerprint density at radius 1 is 1.24 bits per heavy atom. The highest BCUT2D eigenvalue weighted by atomic mass is 19.1. The lowest BCUT2D eigenvalue weighted by Gasteiger charge is -2.18. The van der Waals surface area contributed by atoms with Crippen molar-refractivity contribution in [3.05, 3.63) is 76.9 Å². The summed E-state index contributed by atoms with van der Waals surface area (Å²) in [4.78, 5) is 24.7. The number of nitrogens with one attached hydrogen (secondary N) is 3. The van der Waals surface area contributed by atoms with Gasteiger partial charge in [0.05, 0.1) is 25.3 Å². The summed E-state index contributed by atoms with van der Waals surface area (Å²) in [5, 5.41) is 14.1. The highest BCUT2D eigenvalue weighted by molar-refractivity contribution is 5.97. The number of amides is 2. The van der Waals surface area contributed by atoms with Crippen LogP contribution in [-0.4, -0.2) is 43.2 Å². The summed E-state index contributed by atoms with van der Waals surface area (Å²) in [5.74, 6) is 4.40. The summed E-state index contributed by atoms with van der Waals surface area (Å²) >= 11 is 0. The molecule has 0 aliphatic heterocycles. The second-order valence-corrected chi connectivity index (χ2v) is 7.14. The minimum Gasteiger partial charge on any atom is -0.496 e. The van der Waals surface area contributed by atoms with Gasteiger partial charge in [-0.3, -0.25) is 9.59 Å². The Hall–Kier alpha value is -3.92. The summed E-state index contributed by atoms with van der Waals surface area (Å²) in [6.07, 6.45) is 3.24. The van der Waals surface area contributed by atoms with Crippen LogP contribution in [0.5, 0.6) is 5.75 Å². The van der Waals surface area contributed by atoms with Gasteiger partial charge in [-0.2, -0.15) is 0 Å². The third-order valence-corrected chi connectivity index (χ3v) is 4.83. The van der Waals surface area contributed by atoms with Gasteiger partial charge in [-0.25, -0.2) is 10.2 Å².